The monoisotopic (exact) mass is 471 g/mol. The average Bonchev–Trinajstić information content (AvgIpc) is 3.16. The topological polar surface area (TPSA) is 123 Å². The minimum absolute atomic E-state index is 0.192. The molecule has 2 heterocycles. The van der Waals surface area contributed by atoms with Crippen LogP contribution in [0.4, 0.5) is 0 Å². The lowest BCUT2D eigenvalue weighted by Gasteiger charge is -2.20. The van der Waals surface area contributed by atoms with Gasteiger partial charge in [0, 0.05) is 29.5 Å². The van der Waals surface area contributed by atoms with Gasteiger partial charge in [-0.15, -0.1) is 0 Å². The molecule has 32 heavy (non-hydrogen) atoms. The first-order valence-electron chi connectivity index (χ1n) is 9.25. The third-order valence-electron chi connectivity index (χ3n) is 4.89. The summed E-state index contributed by atoms with van der Waals surface area (Å²) >= 11 is 12.7. The van der Waals surface area contributed by atoms with Gasteiger partial charge in [-0.05, 0) is 35.4 Å². The summed E-state index contributed by atoms with van der Waals surface area (Å²) in [4.78, 5) is 41.5. The van der Waals surface area contributed by atoms with Crippen molar-refractivity contribution < 1.29 is 9.90 Å². The number of aromatic nitrogens is 5. The van der Waals surface area contributed by atoms with E-state index in [1.165, 1.54) is 6.07 Å². The fourth-order valence-corrected chi connectivity index (χ4v) is 3.79. The van der Waals surface area contributed by atoms with E-state index >= 15 is 0 Å². The van der Waals surface area contributed by atoms with Gasteiger partial charge in [0.1, 0.15) is 5.82 Å². The van der Waals surface area contributed by atoms with Crippen molar-refractivity contribution in [2.45, 2.75) is 5.92 Å². The highest BCUT2D eigenvalue weighted by atomic mass is 35.5. The standard InChI is InChI=1S/C21H15Cl2N5O4/c1-27-9-8-24-18(27)16(11-2-4-12(22)5-3-11)14-7-6-13(10-15(14)23)28-21(32)25-19(29)17(26-28)20(30)31/h2-10,16H,1H3,(H,30,31)(H,25,29,32). The molecule has 0 radical (unpaired) electrons. The van der Waals surface area contributed by atoms with Gasteiger partial charge in [-0.3, -0.25) is 9.78 Å². The van der Waals surface area contributed by atoms with Gasteiger partial charge in [0.2, 0.25) is 5.69 Å². The van der Waals surface area contributed by atoms with Crippen LogP contribution in [-0.2, 0) is 7.05 Å². The molecule has 2 aromatic carbocycles. The number of aromatic amines is 1. The summed E-state index contributed by atoms with van der Waals surface area (Å²) in [5, 5.41) is 13.7. The number of hydrogen-bond acceptors (Lipinski definition) is 5. The zero-order valence-corrected chi connectivity index (χ0v) is 18.0. The van der Waals surface area contributed by atoms with Gasteiger partial charge in [0.15, 0.2) is 0 Å². The third kappa shape index (κ3) is 3.95. The Morgan fingerprint density at radius 3 is 2.44 bits per heavy atom. The van der Waals surface area contributed by atoms with E-state index in [2.05, 4.69) is 10.1 Å². The summed E-state index contributed by atoms with van der Waals surface area (Å²) < 4.78 is 2.65. The lowest BCUT2D eigenvalue weighted by molar-refractivity contribution is 0.0685. The van der Waals surface area contributed by atoms with Gasteiger partial charge < -0.3 is 9.67 Å². The average molecular weight is 472 g/mol. The molecule has 4 aromatic rings. The van der Waals surface area contributed by atoms with E-state index in [1.54, 1.807) is 30.5 Å². The Bertz CT molecular complexity index is 1440. The SMILES string of the molecule is Cn1ccnc1C(c1ccc(Cl)cc1)c1ccc(-n2nc(C(=O)O)c(=O)[nH]c2=O)cc1Cl. The molecular formula is C21H15Cl2N5O4. The van der Waals surface area contributed by atoms with Crippen molar-refractivity contribution in [3.05, 3.63) is 108 Å². The number of halogens is 2. The van der Waals surface area contributed by atoms with Crippen molar-refractivity contribution in [2.75, 3.05) is 0 Å². The van der Waals surface area contributed by atoms with Crippen LogP contribution < -0.4 is 11.2 Å². The van der Waals surface area contributed by atoms with Crippen LogP contribution in [0.2, 0.25) is 10.0 Å². The summed E-state index contributed by atoms with van der Waals surface area (Å²) in [7, 11) is 1.87. The Balaban J connectivity index is 1.86. The lowest BCUT2D eigenvalue weighted by Crippen LogP contribution is -2.35. The van der Waals surface area contributed by atoms with Crippen LogP contribution in [0.3, 0.4) is 0 Å². The van der Waals surface area contributed by atoms with Crippen molar-refractivity contribution in [3.63, 3.8) is 0 Å². The van der Waals surface area contributed by atoms with Crippen molar-refractivity contribution >= 4 is 29.2 Å². The number of nitrogens with zero attached hydrogens (tertiary/aromatic N) is 4. The molecule has 162 valence electrons. The Hall–Kier alpha value is -3.69. The van der Waals surface area contributed by atoms with Crippen LogP contribution in [-0.4, -0.2) is 35.4 Å². The van der Waals surface area contributed by atoms with Crippen molar-refractivity contribution in [2.24, 2.45) is 7.05 Å². The van der Waals surface area contributed by atoms with E-state index in [-0.39, 0.29) is 11.6 Å². The highest BCUT2D eigenvalue weighted by molar-refractivity contribution is 6.31. The molecule has 0 aliphatic carbocycles. The summed E-state index contributed by atoms with van der Waals surface area (Å²) in [5.41, 5.74) is -0.996. The van der Waals surface area contributed by atoms with E-state index in [0.29, 0.717) is 15.6 Å². The van der Waals surface area contributed by atoms with Gasteiger partial charge in [0.25, 0.3) is 5.56 Å². The zero-order chi connectivity index (χ0) is 23.0. The van der Waals surface area contributed by atoms with E-state index in [9.17, 15) is 14.4 Å². The number of aryl methyl sites for hydroxylation is 1. The van der Waals surface area contributed by atoms with Gasteiger partial charge >= 0.3 is 11.7 Å². The minimum atomic E-state index is -1.56. The number of nitrogens with one attached hydrogen (secondary N) is 1. The van der Waals surface area contributed by atoms with E-state index in [1.807, 2.05) is 34.9 Å². The molecule has 1 unspecified atom stereocenters. The third-order valence-corrected chi connectivity index (χ3v) is 5.47. The maximum atomic E-state index is 12.2. The molecule has 9 nitrogen and oxygen atoms in total. The summed E-state index contributed by atoms with van der Waals surface area (Å²) in [6, 6.07) is 12.0. The summed E-state index contributed by atoms with van der Waals surface area (Å²) in [6.07, 6.45) is 3.50. The van der Waals surface area contributed by atoms with Gasteiger partial charge in [-0.1, -0.05) is 41.4 Å². The predicted octanol–water partition coefficient (Wildman–Crippen LogP) is 2.84. The second-order valence-corrected chi connectivity index (χ2v) is 7.76. The normalized spacial score (nSPS) is 12.0. The molecule has 0 saturated carbocycles. The highest BCUT2D eigenvalue weighted by Gasteiger charge is 2.24. The molecule has 0 aliphatic rings. The molecular weight excluding hydrogens is 457 g/mol. The molecule has 2 aromatic heterocycles. The lowest BCUT2D eigenvalue weighted by atomic mass is 9.90. The van der Waals surface area contributed by atoms with E-state index in [4.69, 9.17) is 28.3 Å². The van der Waals surface area contributed by atoms with Crippen LogP contribution in [0.25, 0.3) is 5.69 Å². The number of imidazole rings is 1. The molecule has 4 rings (SSSR count). The Morgan fingerprint density at radius 2 is 1.84 bits per heavy atom. The molecule has 0 fully saturated rings. The van der Waals surface area contributed by atoms with Crippen molar-refractivity contribution in [1.82, 2.24) is 24.3 Å². The predicted molar refractivity (Wildman–Crippen MR) is 118 cm³/mol. The number of carboxylic acid groups (broad SMARTS) is 1. The molecule has 2 N–H and O–H groups in total. The molecule has 0 bridgehead atoms. The van der Waals surface area contributed by atoms with Gasteiger partial charge in [-0.2, -0.15) is 9.78 Å². The zero-order valence-electron chi connectivity index (χ0n) is 16.5. The fraction of sp³-hybridized carbons (Fsp3) is 0.0952. The second-order valence-electron chi connectivity index (χ2n) is 6.91. The number of aromatic carboxylic acids is 1. The smallest absolute Gasteiger partial charge is 0.362 e. The Labute approximate surface area is 190 Å². The minimum Gasteiger partial charge on any atom is -0.476 e. The number of H-pyrrole nitrogens is 1. The first-order valence-corrected chi connectivity index (χ1v) is 10.0. The molecule has 0 spiro atoms. The van der Waals surface area contributed by atoms with Crippen LogP contribution in [0.5, 0.6) is 0 Å². The maximum Gasteiger partial charge on any atom is 0.362 e. The van der Waals surface area contributed by atoms with Gasteiger partial charge in [-0.25, -0.2) is 14.6 Å². The van der Waals surface area contributed by atoms with Crippen LogP contribution in [0.15, 0.2) is 64.4 Å². The van der Waals surface area contributed by atoms with Crippen molar-refractivity contribution in [3.8, 4) is 5.69 Å². The van der Waals surface area contributed by atoms with E-state index in [0.717, 1.165) is 16.1 Å². The van der Waals surface area contributed by atoms with Crippen LogP contribution in [0, 0.1) is 0 Å². The maximum absolute atomic E-state index is 12.2. The fourth-order valence-electron chi connectivity index (χ4n) is 3.38. The van der Waals surface area contributed by atoms with Crippen LogP contribution >= 0.6 is 23.2 Å². The Morgan fingerprint density at radius 1 is 1.12 bits per heavy atom. The summed E-state index contributed by atoms with van der Waals surface area (Å²) in [6.45, 7) is 0. The number of benzene rings is 2. The van der Waals surface area contributed by atoms with Gasteiger partial charge in [0.05, 0.1) is 11.6 Å². The molecule has 11 heteroatoms. The van der Waals surface area contributed by atoms with Crippen molar-refractivity contribution in [1.29, 1.82) is 0 Å². The van der Waals surface area contributed by atoms with E-state index < -0.39 is 22.9 Å². The molecule has 0 amide bonds. The number of hydrogen-bond donors (Lipinski definition) is 2. The summed E-state index contributed by atoms with van der Waals surface area (Å²) in [5.74, 6) is -1.17. The number of carboxylic acids is 1. The molecule has 0 aliphatic heterocycles. The first kappa shape index (κ1) is 21.5. The number of carbonyl (C=O) groups is 1. The van der Waals surface area contributed by atoms with Crippen LogP contribution in [0.1, 0.15) is 33.4 Å². The first-order chi connectivity index (χ1) is 15.3. The number of rotatable bonds is 5. The Kier molecular flexibility index (Phi) is 5.68. The quantitative estimate of drug-likeness (QED) is 0.461. The second kappa shape index (κ2) is 8.45. The largest absolute Gasteiger partial charge is 0.476 e. The highest BCUT2D eigenvalue weighted by Crippen LogP contribution is 2.36. The molecule has 0 saturated heterocycles. The molecule has 1 atom stereocenters.